The van der Waals surface area contributed by atoms with E-state index in [1.54, 1.807) is 0 Å². The zero-order chi connectivity index (χ0) is 15.8. The number of nitrogens with two attached hydrogens (primary N) is 1. The van der Waals surface area contributed by atoms with Gasteiger partial charge in [0.05, 0.1) is 5.56 Å². The monoisotopic (exact) mass is 297 g/mol. The summed E-state index contributed by atoms with van der Waals surface area (Å²) < 4.78 is 0. The highest BCUT2D eigenvalue weighted by atomic mass is 16.1. The average Bonchev–Trinajstić information content (AvgIpc) is 2.55. The lowest BCUT2D eigenvalue weighted by Crippen LogP contribution is -2.11. The standard InChI is InChI=1S/C18H23N3O/c1-2-3-4-5-6-7-14-8-10-15(11-9-14)18-20-12-16(13-21-18)17(19)22/h8-13H,2-7H2,1H3,(H2,19,22). The minimum Gasteiger partial charge on any atom is -0.366 e. The highest BCUT2D eigenvalue weighted by molar-refractivity contribution is 5.92. The van der Waals surface area contributed by atoms with Crippen LogP contribution in [0.1, 0.15) is 54.9 Å². The molecule has 22 heavy (non-hydrogen) atoms. The number of unbranched alkanes of at least 4 members (excludes halogenated alkanes) is 4. The van der Waals surface area contributed by atoms with Crippen molar-refractivity contribution in [3.05, 3.63) is 47.8 Å². The van der Waals surface area contributed by atoms with Crippen LogP contribution in [0.5, 0.6) is 0 Å². The van der Waals surface area contributed by atoms with E-state index in [1.165, 1.54) is 50.1 Å². The molecule has 0 atom stereocenters. The van der Waals surface area contributed by atoms with Gasteiger partial charge in [0.15, 0.2) is 5.82 Å². The summed E-state index contributed by atoms with van der Waals surface area (Å²) in [7, 11) is 0. The first-order valence-electron chi connectivity index (χ1n) is 7.92. The van der Waals surface area contributed by atoms with Gasteiger partial charge in [-0.2, -0.15) is 0 Å². The summed E-state index contributed by atoms with van der Waals surface area (Å²) in [5.41, 5.74) is 7.80. The number of benzene rings is 1. The Labute approximate surface area is 131 Å². The molecule has 0 aliphatic carbocycles. The number of carbonyl (C=O) groups is 1. The Kier molecular flexibility index (Phi) is 6.07. The highest BCUT2D eigenvalue weighted by Crippen LogP contribution is 2.17. The van der Waals surface area contributed by atoms with Gasteiger partial charge < -0.3 is 5.73 Å². The topological polar surface area (TPSA) is 68.9 Å². The minimum atomic E-state index is -0.509. The van der Waals surface area contributed by atoms with Crippen LogP contribution in [0.2, 0.25) is 0 Å². The maximum atomic E-state index is 11.0. The molecule has 0 radical (unpaired) electrons. The van der Waals surface area contributed by atoms with Crippen molar-refractivity contribution in [2.45, 2.75) is 45.4 Å². The molecule has 4 heteroatoms. The Morgan fingerprint density at radius 3 is 2.23 bits per heavy atom. The number of rotatable bonds is 8. The summed E-state index contributed by atoms with van der Waals surface area (Å²) in [5, 5.41) is 0. The molecule has 0 aliphatic rings. The van der Waals surface area contributed by atoms with Crippen LogP contribution in [0.4, 0.5) is 0 Å². The molecule has 0 fully saturated rings. The van der Waals surface area contributed by atoms with Crippen molar-refractivity contribution in [3.63, 3.8) is 0 Å². The molecule has 0 saturated heterocycles. The fourth-order valence-corrected chi connectivity index (χ4v) is 2.36. The van der Waals surface area contributed by atoms with Crippen LogP contribution in [0.3, 0.4) is 0 Å². The fourth-order valence-electron chi connectivity index (χ4n) is 2.36. The molecule has 1 heterocycles. The molecule has 2 N–H and O–H groups in total. The van der Waals surface area contributed by atoms with Crippen molar-refractivity contribution in [2.75, 3.05) is 0 Å². The van der Waals surface area contributed by atoms with Crippen LogP contribution < -0.4 is 5.73 Å². The second kappa shape index (κ2) is 8.27. The molecule has 1 aromatic carbocycles. The molecule has 2 aromatic rings. The van der Waals surface area contributed by atoms with E-state index in [1.807, 2.05) is 12.1 Å². The lowest BCUT2D eigenvalue weighted by Gasteiger charge is -2.04. The van der Waals surface area contributed by atoms with Crippen LogP contribution in [0.25, 0.3) is 11.4 Å². The third kappa shape index (κ3) is 4.65. The van der Waals surface area contributed by atoms with Gasteiger partial charge >= 0.3 is 0 Å². The van der Waals surface area contributed by atoms with E-state index in [-0.39, 0.29) is 0 Å². The van der Waals surface area contributed by atoms with Crippen molar-refractivity contribution in [1.82, 2.24) is 9.97 Å². The van der Waals surface area contributed by atoms with E-state index in [9.17, 15) is 4.79 Å². The van der Waals surface area contributed by atoms with Crippen molar-refractivity contribution in [3.8, 4) is 11.4 Å². The molecule has 1 aromatic heterocycles. The summed E-state index contributed by atoms with van der Waals surface area (Å²) in [6.45, 7) is 2.23. The van der Waals surface area contributed by atoms with Crippen LogP contribution >= 0.6 is 0 Å². The number of nitrogens with zero attached hydrogens (tertiary/aromatic N) is 2. The molecular weight excluding hydrogens is 274 g/mol. The van der Waals surface area contributed by atoms with Gasteiger partial charge in [-0.15, -0.1) is 0 Å². The summed E-state index contributed by atoms with van der Waals surface area (Å²) in [6, 6.07) is 8.31. The summed E-state index contributed by atoms with van der Waals surface area (Å²) >= 11 is 0. The van der Waals surface area contributed by atoms with Gasteiger partial charge in [-0.1, -0.05) is 56.9 Å². The van der Waals surface area contributed by atoms with E-state index < -0.39 is 5.91 Å². The third-order valence-electron chi connectivity index (χ3n) is 3.72. The van der Waals surface area contributed by atoms with Gasteiger partial charge in [-0.3, -0.25) is 4.79 Å². The lowest BCUT2D eigenvalue weighted by atomic mass is 10.0. The van der Waals surface area contributed by atoms with Gasteiger partial charge in [-0.05, 0) is 18.4 Å². The Balaban J connectivity index is 1.92. The highest BCUT2D eigenvalue weighted by Gasteiger charge is 2.04. The van der Waals surface area contributed by atoms with Crippen LogP contribution in [-0.2, 0) is 6.42 Å². The first-order valence-corrected chi connectivity index (χ1v) is 7.92. The first-order chi connectivity index (χ1) is 10.7. The number of aryl methyl sites for hydroxylation is 1. The molecule has 0 unspecified atom stereocenters. The first kappa shape index (κ1) is 16.1. The number of hydrogen-bond donors (Lipinski definition) is 1. The Hall–Kier alpha value is -2.23. The molecule has 116 valence electrons. The number of aromatic nitrogens is 2. The number of hydrogen-bond acceptors (Lipinski definition) is 3. The van der Waals surface area contributed by atoms with Gasteiger partial charge in [0, 0.05) is 18.0 Å². The van der Waals surface area contributed by atoms with E-state index in [0.717, 1.165) is 12.0 Å². The molecule has 0 aliphatic heterocycles. The SMILES string of the molecule is CCCCCCCc1ccc(-c2ncc(C(N)=O)cn2)cc1. The molecule has 1 amide bonds. The molecule has 2 rings (SSSR count). The maximum absolute atomic E-state index is 11.0. The van der Waals surface area contributed by atoms with Crippen LogP contribution in [0.15, 0.2) is 36.7 Å². The maximum Gasteiger partial charge on any atom is 0.251 e. The van der Waals surface area contributed by atoms with E-state index in [2.05, 4.69) is 29.0 Å². The normalized spacial score (nSPS) is 10.6. The molecule has 0 spiro atoms. The number of primary amides is 1. The summed E-state index contributed by atoms with van der Waals surface area (Å²) in [5.74, 6) is 0.101. The number of carbonyl (C=O) groups excluding carboxylic acids is 1. The Morgan fingerprint density at radius 2 is 1.64 bits per heavy atom. The van der Waals surface area contributed by atoms with Crippen molar-refractivity contribution < 1.29 is 4.79 Å². The zero-order valence-electron chi connectivity index (χ0n) is 13.1. The average molecular weight is 297 g/mol. The summed E-state index contributed by atoms with van der Waals surface area (Å²) in [6.07, 6.45) is 10.5. The third-order valence-corrected chi connectivity index (χ3v) is 3.72. The predicted molar refractivity (Wildman–Crippen MR) is 88.4 cm³/mol. The second-order valence-corrected chi connectivity index (χ2v) is 5.52. The smallest absolute Gasteiger partial charge is 0.251 e. The van der Waals surface area contributed by atoms with Crippen LogP contribution in [0, 0.1) is 0 Å². The van der Waals surface area contributed by atoms with Gasteiger partial charge in [0.25, 0.3) is 5.91 Å². The number of amides is 1. The van der Waals surface area contributed by atoms with Gasteiger partial charge in [0.1, 0.15) is 0 Å². The van der Waals surface area contributed by atoms with E-state index >= 15 is 0 Å². The lowest BCUT2D eigenvalue weighted by molar-refractivity contribution is 0.0999. The molecule has 0 bridgehead atoms. The quantitative estimate of drug-likeness (QED) is 0.754. The second-order valence-electron chi connectivity index (χ2n) is 5.52. The Bertz CT molecular complexity index is 591. The van der Waals surface area contributed by atoms with E-state index in [4.69, 9.17) is 5.73 Å². The van der Waals surface area contributed by atoms with Gasteiger partial charge in [-0.25, -0.2) is 9.97 Å². The van der Waals surface area contributed by atoms with Crippen molar-refractivity contribution >= 4 is 5.91 Å². The molecular formula is C18H23N3O. The van der Waals surface area contributed by atoms with Crippen molar-refractivity contribution in [2.24, 2.45) is 5.73 Å². The minimum absolute atomic E-state index is 0.326. The largest absolute Gasteiger partial charge is 0.366 e. The predicted octanol–water partition coefficient (Wildman–Crippen LogP) is 3.76. The summed E-state index contributed by atoms with van der Waals surface area (Å²) in [4.78, 5) is 19.4. The van der Waals surface area contributed by atoms with Gasteiger partial charge in [0.2, 0.25) is 0 Å². The zero-order valence-corrected chi connectivity index (χ0v) is 13.1. The Morgan fingerprint density at radius 1 is 1.00 bits per heavy atom. The molecule has 4 nitrogen and oxygen atoms in total. The van der Waals surface area contributed by atoms with E-state index in [0.29, 0.717) is 11.4 Å². The van der Waals surface area contributed by atoms with Crippen molar-refractivity contribution in [1.29, 1.82) is 0 Å². The molecule has 0 saturated carbocycles. The van der Waals surface area contributed by atoms with Crippen LogP contribution in [-0.4, -0.2) is 15.9 Å². The fraction of sp³-hybridized carbons (Fsp3) is 0.389.